The van der Waals surface area contributed by atoms with Gasteiger partial charge in [0, 0.05) is 30.1 Å². The fourth-order valence-electron chi connectivity index (χ4n) is 2.47. The summed E-state index contributed by atoms with van der Waals surface area (Å²) >= 11 is 0. The van der Waals surface area contributed by atoms with Crippen LogP contribution in [0, 0.1) is 0 Å². The highest BCUT2D eigenvalue weighted by atomic mass is 16.1. The first-order chi connectivity index (χ1) is 10.8. The molecule has 0 saturated carbocycles. The van der Waals surface area contributed by atoms with Crippen molar-refractivity contribution in [3.05, 3.63) is 72.1 Å². The van der Waals surface area contributed by atoms with Crippen LogP contribution in [0.5, 0.6) is 0 Å². The zero-order valence-corrected chi connectivity index (χ0v) is 12.5. The molecule has 0 atom stereocenters. The summed E-state index contributed by atoms with van der Waals surface area (Å²) in [5, 5.41) is 5.25. The van der Waals surface area contributed by atoms with Crippen LogP contribution in [0.3, 0.4) is 0 Å². The zero-order valence-electron chi connectivity index (χ0n) is 12.5. The van der Waals surface area contributed by atoms with Crippen LogP contribution in [-0.2, 0) is 11.2 Å². The Balaban J connectivity index is 1.82. The zero-order chi connectivity index (χ0) is 15.4. The predicted octanol–water partition coefficient (Wildman–Crippen LogP) is 4.17. The second-order valence-corrected chi connectivity index (χ2v) is 5.25. The van der Waals surface area contributed by atoms with Crippen LogP contribution in [0.15, 0.2) is 60.8 Å². The van der Waals surface area contributed by atoms with E-state index in [-0.39, 0.29) is 5.91 Å². The number of nitrogens with zero attached hydrogens (tertiary/aromatic N) is 1. The maximum absolute atomic E-state index is 11.4. The molecule has 22 heavy (non-hydrogen) atoms. The lowest BCUT2D eigenvalue weighted by molar-refractivity contribution is -0.115. The molecule has 1 heterocycles. The van der Waals surface area contributed by atoms with E-state index in [9.17, 15) is 4.79 Å². The van der Waals surface area contributed by atoms with E-state index in [1.807, 2.05) is 55.6 Å². The van der Waals surface area contributed by atoms with Gasteiger partial charge in [0.15, 0.2) is 0 Å². The van der Waals surface area contributed by atoms with Crippen molar-refractivity contribution in [2.24, 2.45) is 0 Å². The van der Waals surface area contributed by atoms with Crippen molar-refractivity contribution in [2.45, 2.75) is 19.8 Å². The molecule has 1 N–H and O–H groups in total. The van der Waals surface area contributed by atoms with Gasteiger partial charge in [0.25, 0.3) is 0 Å². The number of benzene rings is 2. The van der Waals surface area contributed by atoms with Crippen molar-refractivity contribution in [3.63, 3.8) is 0 Å². The first kappa shape index (κ1) is 14.3. The van der Waals surface area contributed by atoms with Crippen LogP contribution in [0.4, 0.5) is 5.69 Å². The second-order valence-electron chi connectivity index (χ2n) is 5.25. The number of fused-ring (bicyclic) bond motifs is 1. The highest BCUT2D eigenvalue weighted by Gasteiger charge is 2.04. The first-order valence-electron chi connectivity index (χ1n) is 7.47. The molecule has 0 unspecified atom stereocenters. The fraction of sp³-hybridized carbons (Fsp3) is 0.158. The van der Waals surface area contributed by atoms with E-state index in [4.69, 9.17) is 0 Å². The number of hydrogen-bond donors (Lipinski definition) is 1. The number of nitrogens with one attached hydrogen (secondary N) is 1. The molecule has 0 aliphatic rings. The Morgan fingerprint density at radius 1 is 1.05 bits per heavy atom. The predicted molar refractivity (Wildman–Crippen MR) is 89.9 cm³/mol. The van der Waals surface area contributed by atoms with Crippen molar-refractivity contribution >= 4 is 22.4 Å². The number of carbonyl (C=O) groups is 1. The monoisotopic (exact) mass is 290 g/mol. The number of carbonyl (C=O) groups excluding carboxylic acids is 1. The van der Waals surface area contributed by atoms with Crippen molar-refractivity contribution < 1.29 is 4.79 Å². The topological polar surface area (TPSA) is 42.0 Å². The van der Waals surface area contributed by atoms with Crippen LogP contribution in [0.1, 0.15) is 24.6 Å². The summed E-state index contributed by atoms with van der Waals surface area (Å²) in [4.78, 5) is 15.9. The third-order valence-electron chi connectivity index (χ3n) is 3.69. The van der Waals surface area contributed by atoms with Crippen LogP contribution >= 0.6 is 0 Å². The smallest absolute Gasteiger partial charge is 0.224 e. The second kappa shape index (κ2) is 6.39. The van der Waals surface area contributed by atoms with Gasteiger partial charge in [0.1, 0.15) is 0 Å². The Morgan fingerprint density at radius 2 is 1.82 bits per heavy atom. The molecule has 3 rings (SSSR count). The average Bonchev–Trinajstić information content (AvgIpc) is 2.57. The van der Waals surface area contributed by atoms with Crippen molar-refractivity contribution in [3.8, 4) is 0 Å². The van der Waals surface area contributed by atoms with E-state index < -0.39 is 0 Å². The number of amides is 1. The molecule has 3 heteroatoms. The fourth-order valence-corrected chi connectivity index (χ4v) is 2.47. The van der Waals surface area contributed by atoms with Gasteiger partial charge in [-0.15, -0.1) is 0 Å². The number of anilines is 1. The van der Waals surface area contributed by atoms with Gasteiger partial charge in [0.05, 0.1) is 5.69 Å². The molecule has 3 nitrogen and oxygen atoms in total. The summed E-state index contributed by atoms with van der Waals surface area (Å²) in [6.07, 6.45) is 3.12. The molecule has 0 spiro atoms. The summed E-state index contributed by atoms with van der Waals surface area (Å²) in [5.41, 5.74) is 3.09. The minimum Gasteiger partial charge on any atom is -0.326 e. The minimum absolute atomic E-state index is 0.0310. The summed E-state index contributed by atoms with van der Waals surface area (Å²) in [6, 6.07) is 18.3. The summed E-state index contributed by atoms with van der Waals surface area (Å²) < 4.78 is 0. The Morgan fingerprint density at radius 3 is 2.59 bits per heavy atom. The molecule has 1 amide bonds. The first-order valence-corrected chi connectivity index (χ1v) is 7.47. The summed E-state index contributed by atoms with van der Waals surface area (Å²) in [7, 11) is 0. The molecule has 0 bridgehead atoms. The van der Waals surface area contributed by atoms with Crippen LogP contribution in [0.2, 0.25) is 0 Å². The van der Waals surface area contributed by atoms with E-state index in [1.165, 1.54) is 16.3 Å². The number of rotatable bonds is 4. The lowest BCUT2D eigenvalue weighted by Gasteiger charge is -2.07. The summed E-state index contributed by atoms with van der Waals surface area (Å²) in [5.74, 6) is 0.0310. The molecule has 110 valence electrons. The molecule has 0 aliphatic carbocycles. The highest BCUT2D eigenvalue weighted by Crippen LogP contribution is 2.20. The third-order valence-corrected chi connectivity index (χ3v) is 3.69. The molecular weight excluding hydrogens is 272 g/mol. The molecule has 0 fully saturated rings. The lowest BCUT2D eigenvalue weighted by Crippen LogP contribution is -2.09. The highest BCUT2D eigenvalue weighted by molar-refractivity contribution is 5.90. The van der Waals surface area contributed by atoms with E-state index in [0.717, 1.165) is 17.8 Å². The minimum atomic E-state index is 0.0310. The largest absolute Gasteiger partial charge is 0.326 e. The molecule has 2 aromatic carbocycles. The molecule has 0 aliphatic heterocycles. The molecular formula is C19H18N2O. The average molecular weight is 290 g/mol. The molecule has 3 aromatic rings. The van der Waals surface area contributed by atoms with Crippen molar-refractivity contribution in [1.82, 2.24) is 4.98 Å². The van der Waals surface area contributed by atoms with Gasteiger partial charge < -0.3 is 5.32 Å². The van der Waals surface area contributed by atoms with Gasteiger partial charge in [-0.1, -0.05) is 43.3 Å². The Kier molecular flexibility index (Phi) is 4.15. The molecule has 0 radical (unpaired) electrons. The SMILES string of the molecule is CCC(=O)Nc1ccc(Cc2nccc3ccccc23)cc1. The summed E-state index contributed by atoms with van der Waals surface area (Å²) in [6.45, 7) is 1.84. The van der Waals surface area contributed by atoms with Crippen molar-refractivity contribution in [1.29, 1.82) is 0 Å². The third kappa shape index (κ3) is 3.14. The van der Waals surface area contributed by atoms with Gasteiger partial charge >= 0.3 is 0 Å². The standard InChI is InChI=1S/C19H18N2O/c1-2-19(22)21-16-9-7-14(8-10-16)13-18-17-6-4-3-5-15(17)11-12-20-18/h3-12H,2,13H2,1H3,(H,21,22). The van der Waals surface area contributed by atoms with E-state index in [2.05, 4.69) is 22.4 Å². The normalized spacial score (nSPS) is 10.6. The Hall–Kier alpha value is -2.68. The molecule has 1 aromatic heterocycles. The van der Waals surface area contributed by atoms with E-state index in [0.29, 0.717) is 6.42 Å². The van der Waals surface area contributed by atoms with Gasteiger partial charge in [-0.25, -0.2) is 0 Å². The van der Waals surface area contributed by atoms with Gasteiger partial charge in [0.2, 0.25) is 5.91 Å². The van der Waals surface area contributed by atoms with Gasteiger partial charge in [-0.05, 0) is 29.1 Å². The number of pyridine rings is 1. The van der Waals surface area contributed by atoms with Gasteiger partial charge in [-0.3, -0.25) is 9.78 Å². The Bertz CT molecular complexity index is 789. The number of aromatic nitrogens is 1. The maximum Gasteiger partial charge on any atom is 0.224 e. The van der Waals surface area contributed by atoms with Crippen molar-refractivity contribution in [2.75, 3.05) is 5.32 Å². The quantitative estimate of drug-likeness (QED) is 0.783. The number of hydrogen-bond acceptors (Lipinski definition) is 2. The van der Waals surface area contributed by atoms with Crippen LogP contribution in [-0.4, -0.2) is 10.9 Å². The van der Waals surface area contributed by atoms with Crippen LogP contribution < -0.4 is 5.32 Å². The van der Waals surface area contributed by atoms with Gasteiger partial charge in [-0.2, -0.15) is 0 Å². The van der Waals surface area contributed by atoms with Crippen LogP contribution in [0.25, 0.3) is 10.8 Å². The molecule has 0 saturated heterocycles. The maximum atomic E-state index is 11.4. The lowest BCUT2D eigenvalue weighted by atomic mass is 10.0. The van der Waals surface area contributed by atoms with E-state index in [1.54, 1.807) is 0 Å². The van der Waals surface area contributed by atoms with E-state index >= 15 is 0 Å². The Labute approximate surface area is 130 Å².